The average molecular weight is 165 g/mol. The fourth-order valence-electron chi connectivity index (χ4n) is 1.43. The molecule has 0 heterocycles. The summed E-state index contributed by atoms with van der Waals surface area (Å²) in [6, 6.07) is 4.35. The number of hydrogen-bond donors (Lipinski definition) is 2. The molecule has 1 aromatic rings. The van der Waals surface area contributed by atoms with Crippen molar-refractivity contribution < 1.29 is 5.73 Å². The van der Waals surface area contributed by atoms with Gasteiger partial charge in [0.2, 0.25) is 0 Å². The van der Waals surface area contributed by atoms with Crippen LogP contribution in [-0.2, 0) is 13.1 Å². The van der Waals surface area contributed by atoms with Gasteiger partial charge in [0, 0.05) is 12.1 Å². The van der Waals surface area contributed by atoms with Gasteiger partial charge in [-0.05, 0) is 36.6 Å². The van der Waals surface area contributed by atoms with Crippen LogP contribution in [0.3, 0.4) is 0 Å². The smallest absolute Gasteiger partial charge is 0.0999 e. The van der Waals surface area contributed by atoms with Gasteiger partial charge in [0.05, 0.1) is 6.54 Å². The quantitative estimate of drug-likeness (QED) is 0.659. The molecular weight excluding hydrogens is 148 g/mol. The van der Waals surface area contributed by atoms with E-state index in [1.54, 1.807) is 0 Å². The van der Waals surface area contributed by atoms with Crippen LogP contribution in [0, 0.1) is 13.8 Å². The molecule has 0 atom stereocenters. The van der Waals surface area contributed by atoms with E-state index in [-0.39, 0.29) is 0 Å². The topological polar surface area (TPSA) is 53.7 Å². The van der Waals surface area contributed by atoms with Gasteiger partial charge in [-0.3, -0.25) is 0 Å². The van der Waals surface area contributed by atoms with Gasteiger partial charge in [-0.15, -0.1) is 0 Å². The van der Waals surface area contributed by atoms with Crippen LogP contribution in [0.1, 0.15) is 22.3 Å². The van der Waals surface area contributed by atoms with Gasteiger partial charge >= 0.3 is 0 Å². The van der Waals surface area contributed by atoms with Crippen molar-refractivity contribution >= 4 is 0 Å². The molecule has 12 heavy (non-hydrogen) atoms. The molecule has 0 saturated carbocycles. The minimum Gasteiger partial charge on any atom is -0.354 e. The minimum atomic E-state index is 0.629. The summed E-state index contributed by atoms with van der Waals surface area (Å²) in [7, 11) is 0. The number of hydrogen-bond acceptors (Lipinski definition) is 1. The molecule has 0 saturated heterocycles. The fraction of sp³-hybridized carbons (Fsp3) is 0.400. The summed E-state index contributed by atoms with van der Waals surface area (Å²) < 4.78 is 0. The Morgan fingerprint density at radius 3 is 2.17 bits per heavy atom. The molecule has 0 spiro atoms. The summed E-state index contributed by atoms with van der Waals surface area (Å²) in [5.41, 5.74) is 14.6. The normalized spacial score (nSPS) is 10.3. The largest absolute Gasteiger partial charge is 0.354 e. The second kappa shape index (κ2) is 3.70. The molecule has 0 fully saturated rings. The lowest BCUT2D eigenvalue weighted by molar-refractivity contribution is -0.386. The van der Waals surface area contributed by atoms with E-state index in [1.807, 2.05) is 0 Å². The van der Waals surface area contributed by atoms with Crippen LogP contribution >= 0.6 is 0 Å². The Morgan fingerprint density at radius 1 is 1.17 bits per heavy atom. The first-order valence-electron chi connectivity index (χ1n) is 4.27. The number of rotatable bonds is 2. The number of aryl methyl sites for hydroxylation is 2. The second-order valence-corrected chi connectivity index (χ2v) is 3.16. The molecule has 1 aromatic carbocycles. The van der Waals surface area contributed by atoms with Crippen LogP contribution in [0.4, 0.5) is 0 Å². The van der Waals surface area contributed by atoms with Gasteiger partial charge in [0.1, 0.15) is 0 Å². The molecule has 0 bridgehead atoms. The van der Waals surface area contributed by atoms with Crippen molar-refractivity contribution in [3.63, 3.8) is 0 Å². The van der Waals surface area contributed by atoms with E-state index < -0.39 is 0 Å². The van der Waals surface area contributed by atoms with Gasteiger partial charge in [-0.25, -0.2) is 0 Å². The molecule has 2 heteroatoms. The average Bonchev–Trinajstić information content (AvgIpc) is 2.08. The first kappa shape index (κ1) is 9.23. The number of quaternary nitrogens is 1. The highest BCUT2D eigenvalue weighted by atomic mass is 14.5. The highest BCUT2D eigenvalue weighted by Gasteiger charge is 2.02. The van der Waals surface area contributed by atoms with E-state index >= 15 is 0 Å². The van der Waals surface area contributed by atoms with Crippen LogP contribution in [0.25, 0.3) is 0 Å². The molecule has 0 aliphatic rings. The van der Waals surface area contributed by atoms with Crippen molar-refractivity contribution in [3.05, 3.63) is 34.4 Å². The van der Waals surface area contributed by atoms with Crippen LogP contribution in [-0.4, -0.2) is 0 Å². The Kier molecular flexibility index (Phi) is 2.84. The van der Waals surface area contributed by atoms with E-state index in [2.05, 4.69) is 31.7 Å². The molecule has 0 unspecified atom stereocenters. The summed E-state index contributed by atoms with van der Waals surface area (Å²) in [4.78, 5) is 0. The molecule has 0 amide bonds. The monoisotopic (exact) mass is 165 g/mol. The third-order valence-corrected chi connectivity index (χ3v) is 2.28. The molecule has 0 aliphatic carbocycles. The van der Waals surface area contributed by atoms with Crippen molar-refractivity contribution in [2.24, 2.45) is 5.73 Å². The van der Waals surface area contributed by atoms with Crippen molar-refractivity contribution in [2.45, 2.75) is 26.9 Å². The molecule has 0 aromatic heterocycles. The summed E-state index contributed by atoms with van der Waals surface area (Å²) in [6.45, 7) is 5.70. The third-order valence-electron chi connectivity index (χ3n) is 2.28. The Hall–Kier alpha value is -0.860. The Labute approximate surface area is 73.6 Å². The zero-order chi connectivity index (χ0) is 9.14. The summed E-state index contributed by atoms with van der Waals surface area (Å²) in [6.07, 6.45) is 0. The predicted octanol–water partition coefficient (Wildman–Crippen LogP) is 0.504. The van der Waals surface area contributed by atoms with Gasteiger partial charge in [0.25, 0.3) is 0 Å². The van der Waals surface area contributed by atoms with Crippen molar-refractivity contribution in [3.8, 4) is 0 Å². The molecular formula is C10H17N2+. The Morgan fingerprint density at radius 2 is 1.67 bits per heavy atom. The first-order valence-corrected chi connectivity index (χ1v) is 4.27. The van der Waals surface area contributed by atoms with Gasteiger partial charge in [-0.2, -0.15) is 0 Å². The Balaban J connectivity index is 3.16. The lowest BCUT2D eigenvalue weighted by Crippen LogP contribution is -2.47. The first-order chi connectivity index (χ1) is 5.69. The molecule has 1 rings (SSSR count). The maximum atomic E-state index is 5.60. The minimum absolute atomic E-state index is 0.629. The second-order valence-electron chi connectivity index (χ2n) is 3.16. The molecule has 0 aliphatic heterocycles. The van der Waals surface area contributed by atoms with E-state index in [0.29, 0.717) is 6.54 Å². The predicted molar refractivity (Wildman–Crippen MR) is 50.4 cm³/mol. The zero-order valence-corrected chi connectivity index (χ0v) is 7.85. The zero-order valence-electron chi connectivity index (χ0n) is 7.85. The fourth-order valence-corrected chi connectivity index (χ4v) is 1.43. The molecule has 5 N–H and O–H groups in total. The number of nitrogens with two attached hydrogens (primary N) is 1. The van der Waals surface area contributed by atoms with E-state index in [0.717, 1.165) is 6.54 Å². The van der Waals surface area contributed by atoms with E-state index in [1.165, 1.54) is 22.3 Å². The van der Waals surface area contributed by atoms with Crippen LogP contribution in [0.2, 0.25) is 0 Å². The van der Waals surface area contributed by atoms with E-state index in [9.17, 15) is 0 Å². The SMILES string of the molecule is Cc1cc(C[NH3+])c(C)cc1CN. The van der Waals surface area contributed by atoms with Crippen molar-refractivity contribution in [1.29, 1.82) is 0 Å². The summed E-state index contributed by atoms with van der Waals surface area (Å²) >= 11 is 0. The standard InChI is InChI=1S/C10H16N2/c1-7-3-10(6-12)8(2)4-9(7)5-11/h3-4H,5-6,11-12H2,1-2H3/p+1. The highest BCUT2D eigenvalue weighted by molar-refractivity contribution is 5.36. The van der Waals surface area contributed by atoms with Gasteiger partial charge in [-0.1, -0.05) is 6.07 Å². The summed E-state index contributed by atoms with van der Waals surface area (Å²) in [5, 5.41) is 0. The van der Waals surface area contributed by atoms with Gasteiger partial charge in [0.15, 0.2) is 0 Å². The van der Waals surface area contributed by atoms with E-state index in [4.69, 9.17) is 5.73 Å². The lowest BCUT2D eigenvalue weighted by atomic mass is 10.0. The maximum absolute atomic E-state index is 5.60. The molecule has 66 valence electrons. The van der Waals surface area contributed by atoms with Crippen LogP contribution in [0.15, 0.2) is 12.1 Å². The maximum Gasteiger partial charge on any atom is 0.0999 e. The lowest BCUT2D eigenvalue weighted by Gasteiger charge is -2.07. The number of benzene rings is 1. The van der Waals surface area contributed by atoms with Gasteiger partial charge < -0.3 is 11.5 Å². The highest BCUT2D eigenvalue weighted by Crippen LogP contribution is 2.14. The molecule has 0 radical (unpaired) electrons. The third kappa shape index (κ3) is 1.65. The van der Waals surface area contributed by atoms with Crippen molar-refractivity contribution in [1.82, 2.24) is 0 Å². The van der Waals surface area contributed by atoms with Crippen LogP contribution < -0.4 is 11.5 Å². The van der Waals surface area contributed by atoms with Crippen molar-refractivity contribution in [2.75, 3.05) is 0 Å². The van der Waals surface area contributed by atoms with Crippen LogP contribution in [0.5, 0.6) is 0 Å². The summed E-state index contributed by atoms with van der Waals surface area (Å²) in [5.74, 6) is 0. The molecule has 2 nitrogen and oxygen atoms in total. The Bertz CT molecular complexity index is 250.